The maximum atomic E-state index is 6.33. The van der Waals surface area contributed by atoms with Crippen LogP contribution in [0.5, 0.6) is 0 Å². The lowest BCUT2D eigenvalue weighted by Crippen LogP contribution is -2.00. The number of aromatic nitrogens is 5. The molecule has 0 unspecified atom stereocenters. The Morgan fingerprint density at radius 2 is 0.929 bits per heavy atom. The number of nitrogens with zero attached hydrogens (tertiary/aromatic N) is 5. The van der Waals surface area contributed by atoms with Gasteiger partial charge in [0.05, 0.1) is 0 Å². The number of furan rings is 1. The van der Waals surface area contributed by atoms with Gasteiger partial charge in [0, 0.05) is 53.4 Å². The van der Waals surface area contributed by atoms with Crippen molar-refractivity contribution < 1.29 is 4.42 Å². The van der Waals surface area contributed by atoms with Gasteiger partial charge in [-0.05, 0) is 47.5 Å². The van der Waals surface area contributed by atoms with Gasteiger partial charge in [0.15, 0.2) is 28.9 Å². The highest BCUT2D eigenvalue weighted by molar-refractivity contribution is 7.26. The number of hydrogen-bond donors (Lipinski definition) is 0. The third-order valence-electron chi connectivity index (χ3n) is 10.2. The van der Waals surface area contributed by atoms with E-state index in [-0.39, 0.29) is 0 Å². The van der Waals surface area contributed by atoms with Crippen LogP contribution < -0.4 is 0 Å². The average molecular weight is 736 g/mol. The van der Waals surface area contributed by atoms with Gasteiger partial charge in [-0.15, -0.1) is 11.3 Å². The summed E-state index contributed by atoms with van der Waals surface area (Å²) in [6.45, 7) is 0. The molecule has 262 valence electrons. The molecule has 0 aliphatic rings. The molecule has 11 aromatic rings. The average Bonchev–Trinajstić information content (AvgIpc) is 3.85. The fraction of sp³-hybridized carbons (Fsp3) is 0. The van der Waals surface area contributed by atoms with Crippen molar-refractivity contribution in [2.24, 2.45) is 0 Å². The van der Waals surface area contributed by atoms with E-state index in [1.54, 1.807) is 11.3 Å². The van der Waals surface area contributed by atoms with Gasteiger partial charge in [0.25, 0.3) is 0 Å². The van der Waals surface area contributed by atoms with Crippen LogP contribution >= 0.6 is 11.3 Å². The molecule has 0 saturated carbocycles. The van der Waals surface area contributed by atoms with E-state index in [0.717, 1.165) is 61.1 Å². The number of rotatable bonds is 6. The number of para-hydroxylation sites is 1. The molecular weight excluding hydrogens is 707 g/mol. The van der Waals surface area contributed by atoms with Gasteiger partial charge >= 0.3 is 0 Å². The highest BCUT2D eigenvalue weighted by atomic mass is 32.1. The summed E-state index contributed by atoms with van der Waals surface area (Å²) in [7, 11) is 0. The maximum Gasteiger partial charge on any atom is 0.180 e. The first-order chi connectivity index (χ1) is 27.7. The standard InChI is InChI=1S/C49H29N5OS/c1-4-13-31(14-5-1)43-45-44(37-19-10-11-21-39(37)55-45)51-46(50-43)34-25-23-30(24-26-34)36-20-12-22-41-42(36)38-29-35(27-28-40(38)56-41)49-53-47(32-15-6-2-7-16-32)52-48(54-49)33-17-8-3-9-18-33/h1-29H. The highest BCUT2D eigenvalue weighted by Gasteiger charge is 2.19. The Hall–Kier alpha value is -7.35. The van der Waals surface area contributed by atoms with Crippen molar-refractivity contribution in [1.82, 2.24) is 24.9 Å². The molecule has 0 saturated heterocycles. The summed E-state index contributed by atoms with van der Waals surface area (Å²) in [4.78, 5) is 25.1. The second-order valence-corrected chi connectivity index (χ2v) is 14.7. The van der Waals surface area contributed by atoms with E-state index in [1.165, 1.54) is 20.2 Å². The first kappa shape index (κ1) is 32.1. The summed E-state index contributed by atoms with van der Waals surface area (Å²) in [6, 6.07) is 60.0. The van der Waals surface area contributed by atoms with Crippen molar-refractivity contribution in [2.45, 2.75) is 0 Å². The van der Waals surface area contributed by atoms with E-state index in [1.807, 2.05) is 97.1 Å². The van der Waals surface area contributed by atoms with Crippen LogP contribution in [0.3, 0.4) is 0 Å². The fourth-order valence-corrected chi connectivity index (χ4v) is 8.57. The predicted molar refractivity (Wildman–Crippen MR) is 228 cm³/mol. The smallest absolute Gasteiger partial charge is 0.180 e. The Morgan fingerprint density at radius 3 is 1.62 bits per heavy atom. The van der Waals surface area contributed by atoms with Crippen LogP contribution in [0.4, 0.5) is 0 Å². The third kappa shape index (κ3) is 5.52. The van der Waals surface area contributed by atoms with Crippen LogP contribution in [0, 0.1) is 0 Å². The summed E-state index contributed by atoms with van der Waals surface area (Å²) >= 11 is 1.79. The molecule has 6 nitrogen and oxygen atoms in total. The zero-order chi connectivity index (χ0) is 37.0. The molecule has 0 aliphatic carbocycles. The highest BCUT2D eigenvalue weighted by Crippen LogP contribution is 2.42. The summed E-state index contributed by atoms with van der Waals surface area (Å²) in [5.74, 6) is 2.58. The summed E-state index contributed by atoms with van der Waals surface area (Å²) in [5, 5.41) is 3.34. The van der Waals surface area contributed by atoms with Gasteiger partial charge in [-0.2, -0.15) is 0 Å². The normalized spacial score (nSPS) is 11.6. The molecule has 0 bridgehead atoms. The van der Waals surface area contributed by atoms with E-state index in [4.69, 9.17) is 29.3 Å². The van der Waals surface area contributed by atoms with Gasteiger partial charge in [-0.1, -0.05) is 140 Å². The van der Waals surface area contributed by atoms with E-state index < -0.39 is 0 Å². The van der Waals surface area contributed by atoms with Crippen molar-refractivity contribution in [2.75, 3.05) is 0 Å². The lowest BCUT2D eigenvalue weighted by atomic mass is 9.97. The first-order valence-corrected chi connectivity index (χ1v) is 19.2. The minimum atomic E-state index is 0.637. The van der Waals surface area contributed by atoms with Crippen LogP contribution in [0.2, 0.25) is 0 Å². The molecule has 0 N–H and O–H groups in total. The molecule has 0 atom stereocenters. The minimum absolute atomic E-state index is 0.637. The first-order valence-electron chi connectivity index (χ1n) is 18.4. The van der Waals surface area contributed by atoms with E-state index in [0.29, 0.717) is 28.9 Å². The van der Waals surface area contributed by atoms with Crippen molar-refractivity contribution >= 4 is 53.6 Å². The second kappa shape index (κ2) is 13.2. The van der Waals surface area contributed by atoms with E-state index >= 15 is 0 Å². The largest absolute Gasteiger partial charge is 0.452 e. The lowest BCUT2D eigenvalue weighted by Gasteiger charge is -2.09. The third-order valence-corrected chi connectivity index (χ3v) is 11.3. The van der Waals surface area contributed by atoms with Crippen LogP contribution in [-0.4, -0.2) is 24.9 Å². The van der Waals surface area contributed by atoms with E-state index in [2.05, 4.69) is 78.9 Å². The fourth-order valence-electron chi connectivity index (χ4n) is 7.45. The summed E-state index contributed by atoms with van der Waals surface area (Å²) in [5.41, 5.74) is 10.1. The van der Waals surface area contributed by atoms with Gasteiger partial charge in [0.2, 0.25) is 0 Å². The minimum Gasteiger partial charge on any atom is -0.452 e. The molecule has 56 heavy (non-hydrogen) atoms. The Bertz CT molecular complexity index is 3180. The van der Waals surface area contributed by atoms with Crippen molar-refractivity contribution in [3.8, 4) is 67.9 Å². The zero-order valence-electron chi connectivity index (χ0n) is 29.8. The van der Waals surface area contributed by atoms with Crippen LogP contribution in [-0.2, 0) is 0 Å². The van der Waals surface area contributed by atoms with Gasteiger partial charge in [-0.25, -0.2) is 24.9 Å². The van der Waals surface area contributed by atoms with Gasteiger partial charge in [-0.3, -0.25) is 0 Å². The molecule has 7 aromatic carbocycles. The molecule has 11 rings (SSSR count). The molecule has 0 spiro atoms. The van der Waals surface area contributed by atoms with Gasteiger partial charge in [0.1, 0.15) is 16.8 Å². The molecule has 4 aromatic heterocycles. The van der Waals surface area contributed by atoms with Crippen LogP contribution in [0.1, 0.15) is 0 Å². The van der Waals surface area contributed by atoms with Gasteiger partial charge < -0.3 is 4.42 Å². The summed E-state index contributed by atoms with van der Waals surface area (Å²) in [6.07, 6.45) is 0. The molecule has 0 fully saturated rings. The van der Waals surface area contributed by atoms with Crippen molar-refractivity contribution in [3.05, 3.63) is 176 Å². The molecule has 0 radical (unpaired) electrons. The molecular formula is C49H29N5OS. The quantitative estimate of drug-likeness (QED) is 0.169. The lowest BCUT2D eigenvalue weighted by molar-refractivity contribution is 0.667. The number of fused-ring (bicyclic) bond motifs is 6. The number of hydrogen-bond acceptors (Lipinski definition) is 7. The molecule has 0 amide bonds. The number of benzene rings is 7. The van der Waals surface area contributed by atoms with Crippen molar-refractivity contribution in [1.29, 1.82) is 0 Å². The second-order valence-electron chi connectivity index (χ2n) is 13.6. The monoisotopic (exact) mass is 735 g/mol. The Morgan fingerprint density at radius 1 is 0.375 bits per heavy atom. The Kier molecular flexibility index (Phi) is 7.57. The Balaban J connectivity index is 1.02. The Labute approximate surface area is 325 Å². The SMILES string of the molecule is c1ccc(-c2nc(-c3ccccc3)nc(-c3ccc4sc5cccc(-c6ccc(-c7nc(-c8ccccc8)c8oc9ccccc9c8n7)cc6)c5c4c3)n2)cc1. The van der Waals surface area contributed by atoms with Crippen molar-refractivity contribution in [3.63, 3.8) is 0 Å². The van der Waals surface area contributed by atoms with Crippen LogP contribution in [0.25, 0.3) is 110 Å². The predicted octanol–water partition coefficient (Wildman–Crippen LogP) is 12.9. The topological polar surface area (TPSA) is 77.6 Å². The number of thiophene rings is 1. The molecule has 7 heteroatoms. The summed E-state index contributed by atoms with van der Waals surface area (Å²) < 4.78 is 8.75. The van der Waals surface area contributed by atoms with Crippen LogP contribution in [0.15, 0.2) is 180 Å². The maximum absolute atomic E-state index is 6.33. The zero-order valence-corrected chi connectivity index (χ0v) is 30.6. The molecule has 4 heterocycles. The molecule has 0 aliphatic heterocycles. The van der Waals surface area contributed by atoms with E-state index in [9.17, 15) is 0 Å².